The Kier molecular flexibility index (Phi) is 3.57. The number of benzene rings is 1. The summed E-state index contributed by atoms with van der Waals surface area (Å²) in [6, 6.07) is 5.52. The third-order valence-corrected chi connectivity index (χ3v) is 4.22. The molecule has 2 rings (SSSR count). The van der Waals surface area contributed by atoms with Crippen LogP contribution in [0, 0.1) is 0 Å². The monoisotopic (exact) mass is 275 g/mol. The lowest BCUT2D eigenvalue weighted by atomic mass is 10.2. The van der Waals surface area contributed by atoms with Crippen LogP contribution in [-0.4, -0.2) is 4.98 Å². The number of thiazole rings is 1. The molecule has 1 aromatic carbocycles. The first kappa shape index (κ1) is 11.3. The van der Waals surface area contributed by atoms with Crippen molar-refractivity contribution in [2.75, 3.05) is 0 Å². The van der Waals surface area contributed by atoms with E-state index in [-0.39, 0.29) is 0 Å². The highest BCUT2D eigenvalue weighted by molar-refractivity contribution is 7.79. The number of rotatable bonds is 2. The molecule has 0 aliphatic rings. The standard InChI is InChI=1S/C10H7Cl2NS2/c11-8-2-1-6(3-9(8)12)10-13-4-7(5-14)15-10/h1-4,14H,5H2. The molecule has 0 atom stereocenters. The van der Waals surface area contributed by atoms with Crippen LogP contribution in [-0.2, 0) is 5.75 Å². The van der Waals surface area contributed by atoms with E-state index in [0.717, 1.165) is 15.4 Å². The van der Waals surface area contributed by atoms with Crippen LogP contribution < -0.4 is 0 Å². The summed E-state index contributed by atoms with van der Waals surface area (Å²) in [7, 11) is 0. The summed E-state index contributed by atoms with van der Waals surface area (Å²) in [5.74, 6) is 0.707. The largest absolute Gasteiger partial charge is 0.244 e. The van der Waals surface area contributed by atoms with Crippen molar-refractivity contribution in [1.82, 2.24) is 4.98 Å². The molecule has 0 saturated carbocycles. The molecule has 78 valence electrons. The molecule has 0 fully saturated rings. The number of thiol groups is 1. The fraction of sp³-hybridized carbons (Fsp3) is 0.100. The van der Waals surface area contributed by atoms with Gasteiger partial charge in [0, 0.05) is 22.4 Å². The summed E-state index contributed by atoms with van der Waals surface area (Å²) in [4.78, 5) is 5.43. The maximum atomic E-state index is 5.93. The average molecular weight is 276 g/mol. The van der Waals surface area contributed by atoms with E-state index >= 15 is 0 Å². The van der Waals surface area contributed by atoms with Crippen molar-refractivity contribution < 1.29 is 0 Å². The Balaban J connectivity index is 2.40. The van der Waals surface area contributed by atoms with Crippen LogP contribution in [0.2, 0.25) is 10.0 Å². The molecule has 1 heterocycles. The zero-order chi connectivity index (χ0) is 10.8. The van der Waals surface area contributed by atoms with E-state index in [1.807, 2.05) is 18.3 Å². The lowest BCUT2D eigenvalue weighted by Gasteiger charge is -1.98. The predicted molar refractivity (Wildman–Crippen MR) is 70.3 cm³/mol. The molecule has 0 saturated heterocycles. The zero-order valence-electron chi connectivity index (χ0n) is 7.58. The number of nitrogens with zero attached hydrogens (tertiary/aromatic N) is 1. The quantitative estimate of drug-likeness (QED) is 0.794. The van der Waals surface area contributed by atoms with Gasteiger partial charge in [0.1, 0.15) is 5.01 Å². The van der Waals surface area contributed by atoms with Crippen LogP contribution >= 0.6 is 47.2 Å². The maximum Gasteiger partial charge on any atom is 0.123 e. The summed E-state index contributed by atoms with van der Waals surface area (Å²) in [6.45, 7) is 0. The highest BCUT2D eigenvalue weighted by atomic mass is 35.5. The first-order valence-electron chi connectivity index (χ1n) is 4.21. The van der Waals surface area contributed by atoms with Crippen LogP contribution in [0.4, 0.5) is 0 Å². The van der Waals surface area contributed by atoms with Gasteiger partial charge in [-0.2, -0.15) is 12.6 Å². The number of aromatic nitrogens is 1. The Bertz CT molecular complexity index is 482. The molecule has 1 nitrogen and oxygen atoms in total. The van der Waals surface area contributed by atoms with E-state index in [9.17, 15) is 0 Å². The van der Waals surface area contributed by atoms with Gasteiger partial charge in [-0.15, -0.1) is 11.3 Å². The van der Waals surface area contributed by atoms with Gasteiger partial charge in [0.25, 0.3) is 0 Å². The highest BCUT2D eigenvalue weighted by Crippen LogP contribution is 2.31. The summed E-state index contributed by atoms with van der Waals surface area (Å²) in [5.41, 5.74) is 0.988. The fourth-order valence-electron chi connectivity index (χ4n) is 1.14. The second-order valence-electron chi connectivity index (χ2n) is 2.92. The molecule has 5 heteroatoms. The molecule has 15 heavy (non-hydrogen) atoms. The Hall–Kier alpha value is -0.220. The maximum absolute atomic E-state index is 5.93. The molecule has 0 amide bonds. The van der Waals surface area contributed by atoms with E-state index in [2.05, 4.69) is 17.6 Å². The lowest BCUT2D eigenvalue weighted by Crippen LogP contribution is -1.75. The topological polar surface area (TPSA) is 12.9 Å². The molecule has 0 radical (unpaired) electrons. The molecule has 0 unspecified atom stereocenters. The van der Waals surface area contributed by atoms with Gasteiger partial charge in [-0.1, -0.05) is 29.3 Å². The second kappa shape index (κ2) is 4.74. The molecule has 0 aliphatic heterocycles. The third-order valence-electron chi connectivity index (χ3n) is 1.88. The molecule has 0 spiro atoms. The van der Waals surface area contributed by atoms with Crippen LogP contribution in [0.25, 0.3) is 10.6 Å². The normalized spacial score (nSPS) is 10.6. The first-order valence-corrected chi connectivity index (χ1v) is 6.42. The Morgan fingerprint density at radius 3 is 2.67 bits per heavy atom. The van der Waals surface area contributed by atoms with Gasteiger partial charge < -0.3 is 0 Å². The van der Waals surface area contributed by atoms with E-state index in [1.54, 1.807) is 17.4 Å². The van der Waals surface area contributed by atoms with Crippen LogP contribution in [0.1, 0.15) is 4.88 Å². The minimum absolute atomic E-state index is 0.553. The fourth-order valence-corrected chi connectivity index (χ4v) is 2.49. The SMILES string of the molecule is SCc1cnc(-c2ccc(Cl)c(Cl)c2)s1. The van der Waals surface area contributed by atoms with Gasteiger partial charge in [-0.05, 0) is 12.1 Å². The second-order valence-corrected chi connectivity index (χ2v) is 5.16. The Morgan fingerprint density at radius 1 is 1.27 bits per heavy atom. The van der Waals surface area contributed by atoms with Gasteiger partial charge in [0.15, 0.2) is 0 Å². The smallest absolute Gasteiger partial charge is 0.123 e. The molecule has 2 aromatic rings. The van der Waals surface area contributed by atoms with Gasteiger partial charge in [-0.25, -0.2) is 4.98 Å². The summed E-state index contributed by atoms with van der Waals surface area (Å²) < 4.78 is 0. The van der Waals surface area contributed by atoms with Crippen molar-refractivity contribution in [2.45, 2.75) is 5.75 Å². The predicted octanol–water partition coefficient (Wildman–Crippen LogP) is 4.55. The van der Waals surface area contributed by atoms with Crippen LogP contribution in [0.3, 0.4) is 0 Å². The summed E-state index contributed by atoms with van der Waals surface area (Å²) in [6.07, 6.45) is 1.83. The van der Waals surface area contributed by atoms with Crippen molar-refractivity contribution in [3.63, 3.8) is 0 Å². The van der Waals surface area contributed by atoms with Crippen molar-refractivity contribution in [2.24, 2.45) is 0 Å². The first-order chi connectivity index (χ1) is 7.20. The number of hydrogen-bond donors (Lipinski definition) is 1. The van der Waals surface area contributed by atoms with Gasteiger partial charge in [0.05, 0.1) is 10.0 Å². The Labute approximate surface area is 107 Å². The van der Waals surface area contributed by atoms with Gasteiger partial charge in [-0.3, -0.25) is 0 Å². The van der Waals surface area contributed by atoms with E-state index in [1.165, 1.54) is 0 Å². The molecular formula is C10H7Cl2NS2. The lowest BCUT2D eigenvalue weighted by molar-refractivity contribution is 1.37. The third kappa shape index (κ3) is 2.48. The van der Waals surface area contributed by atoms with Crippen molar-refractivity contribution in [1.29, 1.82) is 0 Å². The van der Waals surface area contributed by atoms with Crippen molar-refractivity contribution >= 4 is 47.2 Å². The molecule has 0 aliphatic carbocycles. The minimum atomic E-state index is 0.553. The average Bonchev–Trinajstić information content (AvgIpc) is 2.70. The minimum Gasteiger partial charge on any atom is -0.244 e. The van der Waals surface area contributed by atoms with Crippen molar-refractivity contribution in [3.8, 4) is 10.6 Å². The van der Waals surface area contributed by atoms with E-state index in [4.69, 9.17) is 23.2 Å². The number of hydrogen-bond acceptors (Lipinski definition) is 3. The molecule has 0 N–H and O–H groups in total. The van der Waals surface area contributed by atoms with E-state index in [0.29, 0.717) is 15.8 Å². The Morgan fingerprint density at radius 2 is 2.07 bits per heavy atom. The van der Waals surface area contributed by atoms with Gasteiger partial charge in [0.2, 0.25) is 0 Å². The van der Waals surface area contributed by atoms with Crippen LogP contribution in [0.5, 0.6) is 0 Å². The number of halogens is 2. The summed E-state index contributed by atoms with van der Waals surface area (Å²) >= 11 is 17.6. The zero-order valence-corrected chi connectivity index (χ0v) is 10.8. The van der Waals surface area contributed by atoms with Crippen molar-refractivity contribution in [3.05, 3.63) is 39.3 Å². The van der Waals surface area contributed by atoms with Crippen LogP contribution in [0.15, 0.2) is 24.4 Å². The molecule has 0 bridgehead atoms. The molecule has 1 aromatic heterocycles. The summed E-state index contributed by atoms with van der Waals surface area (Å²) in [5, 5.41) is 2.06. The van der Waals surface area contributed by atoms with E-state index < -0.39 is 0 Å². The highest BCUT2D eigenvalue weighted by Gasteiger charge is 2.06. The molecular weight excluding hydrogens is 269 g/mol. The van der Waals surface area contributed by atoms with Gasteiger partial charge >= 0.3 is 0 Å².